The summed E-state index contributed by atoms with van der Waals surface area (Å²) in [6, 6.07) is -2.27. The topological polar surface area (TPSA) is 98.7 Å². The second-order valence-electron chi connectivity index (χ2n) is 3.03. The molecule has 0 radical (unpaired) electrons. The van der Waals surface area contributed by atoms with Crippen LogP contribution in [0.2, 0.25) is 0 Å². The van der Waals surface area contributed by atoms with Gasteiger partial charge in [0.25, 0.3) is 11.8 Å². The van der Waals surface area contributed by atoms with Crippen molar-refractivity contribution < 1.29 is 19.6 Å². The number of nitrogens with zero attached hydrogens (tertiary/aromatic N) is 1. The van der Waals surface area contributed by atoms with Gasteiger partial charge in [0.05, 0.1) is 0 Å². The van der Waals surface area contributed by atoms with Crippen LogP contribution < -0.4 is 10.8 Å². The van der Waals surface area contributed by atoms with Crippen LogP contribution in [0.25, 0.3) is 0 Å². The van der Waals surface area contributed by atoms with Gasteiger partial charge >= 0.3 is 6.03 Å². The molecule has 4 amide bonds. The summed E-state index contributed by atoms with van der Waals surface area (Å²) in [4.78, 5) is 34.3. The standard InChI is InChI=1S/C7H11N3O4/c1-3-6(12)10(7(13)8-3)4(2)5(11)9-14/h3-4,14H,1-2H3,(H,8,13)(H,9,11)/t3-,4+/m1/s1. The Balaban J connectivity index is 2.82. The summed E-state index contributed by atoms with van der Waals surface area (Å²) in [5.41, 5.74) is 1.38. The lowest BCUT2D eigenvalue weighted by Gasteiger charge is -2.18. The fourth-order valence-corrected chi connectivity index (χ4v) is 1.20. The largest absolute Gasteiger partial charge is 0.326 e. The molecule has 0 saturated carbocycles. The number of hydroxylamine groups is 1. The van der Waals surface area contributed by atoms with Crippen molar-refractivity contribution >= 4 is 17.8 Å². The monoisotopic (exact) mass is 201 g/mol. The van der Waals surface area contributed by atoms with Crippen LogP contribution in [0.3, 0.4) is 0 Å². The second kappa shape index (κ2) is 3.62. The van der Waals surface area contributed by atoms with E-state index >= 15 is 0 Å². The summed E-state index contributed by atoms with van der Waals surface area (Å²) in [6.07, 6.45) is 0. The van der Waals surface area contributed by atoms with Crippen molar-refractivity contribution in [2.75, 3.05) is 0 Å². The van der Waals surface area contributed by atoms with Crippen molar-refractivity contribution in [3.8, 4) is 0 Å². The van der Waals surface area contributed by atoms with Crippen LogP contribution in [0, 0.1) is 0 Å². The van der Waals surface area contributed by atoms with Gasteiger partial charge in [0.15, 0.2) is 0 Å². The SMILES string of the molecule is C[C@H]1NC(=O)N([C@@H](C)C(=O)NO)C1=O. The minimum atomic E-state index is -1.02. The molecule has 0 aliphatic carbocycles. The van der Waals surface area contributed by atoms with E-state index in [-0.39, 0.29) is 0 Å². The van der Waals surface area contributed by atoms with Crippen molar-refractivity contribution in [2.24, 2.45) is 0 Å². The molecule has 0 bridgehead atoms. The van der Waals surface area contributed by atoms with Gasteiger partial charge in [-0.15, -0.1) is 0 Å². The Bertz CT molecular complexity index is 291. The molecule has 0 unspecified atom stereocenters. The Morgan fingerprint density at radius 3 is 2.57 bits per heavy atom. The minimum Gasteiger partial charge on any atom is -0.326 e. The molecular formula is C7H11N3O4. The fourth-order valence-electron chi connectivity index (χ4n) is 1.20. The highest BCUT2D eigenvalue weighted by Crippen LogP contribution is 2.10. The lowest BCUT2D eigenvalue weighted by molar-refractivity contribution is -0.139. The molecule has 7 nitrogen and oxygen atoms in total. The van der Waals surface area contributed by atoms with Crippen molar-refractivity contribution in [1.29, 1.82) is 0 Å². The summed E-state index contributed by atoms with van der Waals surface area (Å²) < 4.78 is 0. The number of imide groups is 1. The molecular weight excluding hydrogens is 190 g/mol. The number of carbonyl (C=O) groups excluding carboxylic acids is 3. The maximum Gasteiger partial charge on any atom is 0.325 e. The van der Waals surface area contributed by atoms with Crippen LogP contribution in [-0.4, -0.2) is 40.0 Å². The smallest absolute Gasteiger partial charge is 0.325 e. The average Bonchev–Trinajstić information content (AvgIpc) is 2.39. The van der Waals surface area contributed by atoms with E-state index in [0.29, 0.717) is 0 Å². The highest BCUT2D eigenvalue weighted by molar-refractivity contribution is 6.07. The first-order valence-electron chi connectivity index (χ1n) is 4.06. The van der Waals surface area contributed by atoms with Gasteiger partial charge in [-0.1, -0.05) is 0 Å². The Morgan fingerprint density at radius 2 is 2.21 bits per heavy atom. The van der Waals surface area contributed by atoms with E-state index in [1.165, 1.54) is 19.3 Å². The fraction of sp³-hybridized carbons (Fsp3) is 0.571. The zero-order valence-electron chi connectivity index (χ0n) is 7.77. The maximum atomic E-state index is 11.4. The third-order valence-electron chi connectivity index (χ3n) is 2.04. The number of carbonyl (C=O) groups is 3. The number of hydrogen-bond donors (Lipinski definition) is 3. The highest BCUT2D eigenvalue weighted by Gasteiger charge is 2.40. The zero-order valence-corrected chi connectivity index (χ0v) is 7.77. The predicted octanol–water partition coefficient (Wildman–Crippen LogP) is -1.18. The van der Waals surface area contributed by atoms with Gasteiger partial charge < -0.3 is 5.32 Å². The molecule has 1 saturated heterocycles. The average molecular weight is 201 g/mol. The lowest BCUT2D eigenvalue weighted by Crippen LogP contribution is -2.47. The number of amides is 4. The summed E-state index contributed by atoms with van der Waals surface area (Å²) in [5.74, 6) is -1.28. The van der Waals surface area contributed by atoms with Crippen molar-refractivity contribution in [3.63, 3.8) is 0 Å². The van der Waals surface area contributed by atoms with Crippen molar-refractivity contribution in [3.05, 3.63) is 0 Å². The summed E-state index contributed by atoms with van der Waals surface area (Å²) in [5, 5.41) is 10.7. The first-order chi connectivity index (χ1) is 6.49. The van der Waals surface area contributed by atoms with Crippen LogP contribution in [0.15, 0.2) is 0 Å². The molecule has 1 heterocycles. The van der Waals surface area contributed by atoms with E-state index in [0.717, 1.165) is 4.90 Å². The van der Waals surface area contributed by atoms with Gasteiger partial charge in [0, 0.05) is 0 Å². The van der Waals surface area contributed by atoms with E-state index in [1.807, 2.05) is 0 Å². The molecule has 2 atom stereocenters. The Labute approximate surface area is 80.0 Å². The normalized spacial score (nSPS) is 23.4. The third-order valence-corrected chi connectivity index (χ3v) is 2.04. The second-order valence-corrected chi connectivity index (χ2v) is 3.03. The number of hydrogen-bond acceptors (Lipinski definition) is 4. The molecule has 0 aromatic rings. The Hall–Kier alpha value is -1.63. The molecule has 3 N–H and O–H groups in total. The maximum absolute atomic E-state index is 11.4. The Kier molecular flexibility index (Phi) is 2.70. The van der Waals surface area contributed by atoms with Crippen molar-refractivity contribution in [1.82, 2.24) is 15.7 Å². The minimum absolute atomic E-state index is 0.480. The van der Waals surface area contributed by atoms with Gasteiger partial charge in [-0.2, -0.15) is 0 Å². The van der Waals surface area contributed by atoms with Crippen LogP contribution in [0.5, 0.6) is 0 Å². The molecule has 78 valence electrons. The van der Waals surface area contributed by atoms with Crippen molar-refractivity contribution in [2.45, 2.75) is 25.9 Å². The summed E-state index contributed by atoms with van der Waals surface area (Å²) >= 11 is 0. The number of urea groups is 1. The van der Waals surface area contributed by atoms with Crippen LogP contribution in [0.1, 0.15) is 13.8 Å². The van der Waals surface area contributed by atoms with E-state index in [2.05, 4.69) is 5.32 Å². The molecule has 0 spiro atoms. The molecule has 1 aliphatic heterocycles. The molecule has 1 fully saturated rings. The van der Waals surface area contributed by atoms with Gasteiger partial charge in [0.2, 0.25) is 0 Å². The lowest BCUT2D eigenvalue weighted by atomic mass is 10.2. The first kappa shape index (κ1) is 10.5. The van der Waals surface area contributed by atoms with Crippen LogP contribution >= 0.6 is 0 Å². The molecule has 7 heteroatoms. The number of rotatable bonds is 2. The predicted molar refractivity (Wildman–Crippen MR) is 44.2 cm³/mol. The molecule has 1 aliphatic rings. The molecule has 0 aromatic heterocycles. The van der Waals surface area contributed by atoms with Gasteiger partial charge in [-0.25, -0.2) is 10.3 Å². The van der Waals surface area contributed by atoms with Gasteiger partial charge in [-0.05, 0) is 13.8 Å². The zero-order chi connectivity index (χ0) is 10.9. The van der Waals surface area contributed by atoms with Crippen LogP contribution in [-0.2, 0) is 9.59 Å². The molecule has 1 rings (SSSR count). The summed E-state index contributed by atoms with van der Waals surface area (Å²) in [6.45, 7) is 2.87. The number of nitrogens with one attached hydrogen (secondary N) is 2. The molecule has 0 aromatic carbocycles. The third kappa shape index (κ3) is 1.53. The summed E-state index contributed by atoms with van der Waals surface area (Å²) in [7, 11) is 0. The van der Waals surface area contributed by atoms with Gasteiger partial charge in [-0.3, -0.25) is 19.7 Å². The first-order valence-corrected chi connectivity index (χ1v) is 4.06. The van der Waals surface area contributed by atoms with E-state index in [1.54, 1.807) is 0 Å². The highest BCUT2D eigenvalue weighted by atomic mass is 16.5. The Morgan fingerprint density at radius 1 is 1.64 bits per heavy atom. The van der Waals surface area contributed by atoms with E-state index in [4.69, 9.17) is 5.21 Å². The van der Waals surface area contributed by atoms with Crippen LogP contribution in [0.4, 0.5) is 4.79 Å². The van der Waals surface area contributed by atoms with E-state index < -0.39 is 29.9 Å². The van der Waals surface area contributed by atoms with E-state index in [9.17, 15) is 14.4 Å². The van der Waals surface area contributed by atoms with Gasteiger partial charge in [0.1, 0.15) is 12.1 Å². The molecule has 14 heavy (non-hydrogen) atoms. The quantitative estimate of drug-likeness (QED) is 0.297.